The van der Waals surface area contributed by atoms with Crippen molar-refractivity contribution in [1.82, 2.24) is 5.32 Å². The highest BCUT2D eigenvalue weighted by Crippen LogP contribution is 2.28. The van der Waals surface area contributed by atoms with E-state index in [1.807, 2.05) is 48.5 Å². The lowest BCUT2D eigenvalue weighted by atomic mass is 10.2. The van der Waals surface area contributed by atoms with Crippen LogP contribution in [0.25, 0.3) is 0 Å². The van der Waals surface area contributed by atoms with Gasteiger partial charge in [-0.15, -0.1) is 0 Å². The maximum atomic E-state index is 13.7. The van der Waals surface area contributed by atoms with Gasteiger partial charge in [-0.1, -0.05) is 48.5 Å². The molecule has 0 saturated heterocycles. The van der Waals surface area contributed by atoms with Gasteiger partial charge in [0.25, 0.3) is 0 Å². The van der Waals surface area contributed by atoms with Crippen molar-refractivity contribution in [3.05, 3.63) is 89.7 Å². The smallest absolute Gasteiger partial charge is 0.171 e. The molecule has 0 aliphatic rings. The Morgan fingerprint density at radius 2 is 1.68 bits per heavy atom. The highest BCUT2D eigenvalue weighted by atomic mass is 32.1. The second-order valence-corrected chi connectivity index (χ2v) is 6.46. The Kier molecular flexibility index (Phi) is 6.81. The number of benzene rings is 3. The maximum Gasteiger partial charge on any atom is 0.171 e. The fourth-order valence-corrected chi connectivity index (χ4v) is 2.77. The Morgan fingerprint density at radius 1 is 0.929 bits per heavy atom. The first-order chi connectivity index (χ1) is 13.7. The van der Waals surface area contributed by atoms with E-state index >= 15 is 0 Å². The highest BCUT2D eigenvalue weighted by Gasteiger charge is 2.08. The minimum Gasteiger partial charge on any atom is -0.493 e. The predicted molar refractivity (Wildman–Crippen MR) is 113 cm³/mol. The summed E-state index contributed by atoms with van der Waals surface area (Å²) in [6.45, 7) is 0.932. The van der Waals surface area contributed by atoms with E-state index in [0.717, 1.165) is 11.1 Å². The average molecular weight is 396 g/mol. The van der Waals surface area contributed by atoms with E-state index in [1.165, 1.54) is 6.07 Å². The van der Waals surface area contributed by atoms with Crippen LogP contribution in [0.15, 0.2) is 72.8 Å². The summed E-state index contributed by atoms with van der Waals surface area (Å²) in [4.78, 5) is 0. The molecule has 0 heterocycles. The normalized spacial score (nSPS) is 10.2. The standard InChI is InChI=1S/C22H21FN2O2S/c1-26-21-13-17(11-12-20(21)27-15-16-7-3-2-4-8-16)14-24-22(28)25-19-10-6-5-9-18(19)23/h2-13H,14-15H2,1H3,(H2,24,25,28). The Morgan fingerprint density at radius 3 is 2.43 bits per heavy atom. The molecular formula is C22H21FN2O2S. The number of methoxy groups -OCH3 is 1. The van der Waals surface area contributed by atoms with E-state index < -0.39 is 0 Å². The van der Waals surface area contributed by atoms with Crippen LogP contribution in [-0.4, -0.2) is 12.2 Å². The largest absolute Gasteiger partial charge is 0.493 e. The van der Waals surface area contributed by atoms with Crippen LogP contribution in [0, 0.1) is 5.82 Å². The summed E-state index contributed by atoms with van der Waals surface area (Å²) < 4.78 is 25.0. The third-order valence-corrected chi connectivity index (χ3v) is 4.29. The molecule has 3 aromatic carbocycles. The van der Waals surface area contributed by atoms with Crippen molar-refractivity contribution in [3.63, 3.8) is 0 Å². The van der Waals surface area contributed by atoms with E-state index in [9.17, 15) is 4.39 Å². The molecule has 28 heavy (non-hydrogen) atoms. The van der Waals surface area contributed by atoms with Crippen molar-refractivity contribution in [2.24, 2.45) is 0 Å². The number of para-hydroxylation sites is 1. The van der Waals surface area contributed by atoms with Crippen molar-refractivity contribution in [1.29, 1.82) is 0 Å². The van der Waals surface area contributed by atoms with E-state index in [4.69, 9.17) is 21.7 Å². The third kappa shape index (κ3) is 5.44. The molecule has 0 unspecified atom stereocenters. The Bertz CT molecular complexity index is 935. The molecule has 0 spiro atoms. The zero-order valence-corrected chi connectivity index (χ0v) is 16.3. The molecule has 0 atom stereocenters. The van der Waals surface area contributed by atoms with Gasteiger partial charge in [-0.25, -0.2) is 4.39 Å². The lowest BCUT2D eigenvalue weighted by Crippen LogP contribution is -2.28. The van der Waals surface area contributed by atoms with Gasteiger partial charge in [-0.05, 0) is 47.6 Å². The van der Waals surface area contributed by atoms with Crippen LogP contribution < -0.4 is 20.1 Å². The van der Waals surface area contributed by atoms with Crippen molar-refractivity contribution < 1.29 is 13.9 Å². The minimum atomic E-state index is -0.353. The van der Waals surface area contributed by atoms with Gasteiger partial charge in [-0.2, -0.15) is 0 Å². The van der Waals surface area contributed by atoms with Crippen molar-refractivity contribution >= 4 is 23.0 Å². The third-order valence-electron chi connectivity index (χ3n) is 4.04. The second kappa shape index (κ2) is 9.71. The van der Waals surface area contributed by atoms with E-state index in [-0.39, 0.29) is 5.82 Å². The molecule has 144 valence electrons. The van der Waals surface area contributed by atoms with Crippen LogP contribution in [0.5, 0.6) is 11.5 Å². The van der Waals surface area contributed by atoms with Crippen LogP contribution in [0.2, 0.25) is 0 Å². The number of anilines is 1. The van der Waals surface area contributed by atoms with E-state index in [1.54, 1.807) is 25.3 Å². The summed E-state index contributed by atoms with van der Waals surface area (Å²) in [5.74, 6) is 0.957. The number of hydrogen-bond acceptors (Lipinski definition) is 3. The number of halogens is 1. The molecule has 2 N–H and O–H groups in total. The molecule has 4 nitrogen and oxygen atoms in total. The van der Waals surface area contributed by atoms with Crippen LogP contribution in [0.1, 0.15) is 11.1 Å². The average Bonchev–Trinajstić information content (AvgIpc) is 2.73. The Hall–Kier alpha value is -3.12. The Balaban J connectivity index is 1.57. The predicted octanol–water partition coefficient (Wildman–Crippen LogP) is 4.90. The lowest BCUT2D eigenvalue weighted by molar-refractivity contribution is 0.284. The number of ether oxygens (including phenoxy) is 2. The van der Waals surface area contributed by atoms with Crippen molar-refractivity contribution in [2.75, 3.05) is 12.4 Å². The highest BCUT2D eigenvalue weighted by molar-refractivity contribution is 7.80. The number of thiocarbonyl (C=S) groups is 1. The summed E-state index contributed by atoms with van der Waals surface area (Å²) in [6, 6.07) is 22.0. The first-order valence-corrected chi connectivity index (χ1v) is 9.19. The zero-order valence-electron chi connectivity index (χ0n) is 15.4. The first kappa shape index (κ1) is 19.6. The summed E-state index contributed by atoms with van der Waals surface area (Å²) >= 11 is 5.23. The minimum absolute atomic E-state index is 0.335. The quantitative estimate of drug-likeness (QED) is 0.556. The van der Waals surface area contributed by atoms with Gasteiger partial charge in [-0.3, -0.25) is 0 Å². The fourth-order valence-electron chi connectivity index (χ4n) is 2.59. The van der Waals surface area contributed by atoms with Crippen LogP contribution >= 0.6 is 12.2 Å². The first-order valence-electron chi connectivity index (χ1n) is 8.79. The van der Waals surface area contributed by atoms with E-state index in [2.05, 4.69) is 10.6 Å². The lowest BCUT2D eigenvalue weighted by Gasteiger charge is -2.14. The molecule has 3 rings (SSSR count). The molecule has 0 amide bonds. The Labute approximate surface area is 169 Å². The fraction of sp³-hybridized carbons (Fsp3) is 0.136. The van der Waals surface area contributed by atoms with Gasteiger partial charge in [0.15, 0.2) is 16.6 Å². The van der Waals surface area contributed by atoms with Crippen LogP contribution in [-0.2, 0) is 13.2 Å². The van der Waals surface area contributed by atoms with Crippen molar-refractivity contribution in [2.45, 2.75) is 13.2 Å². The zero-order chi connectivity index (χ0) is 19.8. The SMILES string of the molecule is COc1cc(CNC(=S)Nc2ccccc2F)ccc1OCc1ccccc1. The molecule has 0 radical (unpaired) electrons. The van der Waals surface area contributed by atoms with Gasteiger partial charge in [0.1, 0.15) is 12.4 Å². The van der Waals surface area contributed by atoms with E-state index in [0.29, 0.717) is 35.5 Å². The summed E-state index contributed by atoms with van der Waals surface area (Å²) in [6.07, 6.45) is 0. The van der Waals surface area contributed by atoms with Crippen LogP contribution in [0.4, 0.5) is 10.1 Å². The molecule has 0 saturated carbocycles. The summed E-state index contributed by atoms with van der Waals surface area (Å²) in [5.41, 5.74) is 2.38. The van der Waals surface area contributed by atoms with Gasteiger partial charge >= 0.3 is 0 Å². The number of hydrogen-bond donors (Lipinski definition) is 2. The van der Waals surface area contributed by atoms with Gasteiger partial charge in [0.2, 0.25) is 0 Å². The van der Waals surface area contributed by atoms with Crippen LogP contribution in [0.3, 0.4) is 0 Å². The number of nitrogens with one attached hydrogen (secondary N) is 2. The monoisotopic (exact) mass is 396 g/mol. The van der Waals surface area contributed by atoms with Gasteiger partial charge in [0.05, 0.1) is 12.8 Å². The summed E-state index contributed by atoms with van der Waals surface area (Å²) in [5, 5.41) is 6.25. The van der Waals surface area contributed by atoms with Gasteiger partial charge in [0, 0.05) is 6.54 Å². The molecule has 3 aromatic rings. The number of rotatable bonds is 7. The topological polar surface area (TPSA) is 42.5 Å². The maximum absolute atomic E-state index is 13.7. The molecule has 0 bridgehead atoms. The molecule has 0 aliphatic heterocycles. The molecule has 6 heteroatoms. The molecule has 0 fully saturated rings. The second-order valence-electron chi connectivity index (χ2n) is 6.05. The van der Waals surface area contributed by atoms with Gasteiger partial charge < -0.3 is 20.1 Å². The summed E-state index contributed by atoms with van der Waals surface area (Å²) in [7, 11) is 1.60. The molecule has 0 aliphatic carbocycles. The molecule has 0 aromatic heterocycles. The molecular weight excluding hydrogens is 375 g/mol. The van der Waals surface area contributed by atoms with Crippen molar-refractivity contribution in [3.8, 4) is 11.5 Å².